The number of guanidine groups is 1. The molecule has 0 saturated carbocycles. The van der Waals surface area contributed by atoms with Crippen molar-refractivity contribution in [1.82, 2.24) is 15.1 Å². The Bertz CT molecular complexity index is 682. The summed E-state index contributed by atoms with van der Waals surface area (Å²) >= 11 is 0. The molecule has 1 aromatic rings. The summed E-state index contributed by atoms with van der Waals surface area (Å²) in [6.07, 6.45) is 7.87. The van der Waals surface area contributed by atoms with Gasteiger partial charge in [-0.05, 0) is 56.8 Å². The highest BCUT2D eigenvalue weighted by Gasteiger charge is 2.42. The largest absolute Gasteiger partial charge is 0.381 e. The summed E-state index contributed by atoms with van der Waals surface area (Å²) in [6, 6.07) is 8.89. The normalized spacial score (nSPS) is 25.4. The molecular formula is C24H39IN4O. The van der Waals surface area contributed by atoms with Crippen LogP contribution in [-0.2, 0) is 17.8 Å². The number of nitrogens with one attached hydrogen (secondary N) is 1. The third-order valence-corrected chi connectivity index (χ3v) is 6.87. The van der Waals surface area contributed by atoms with Gasteiger partial charge < -0.3 is 15.0 Å². The van der Waals surface area contributed by atoms with Gasteiger partial charge in [0.05, 0.1) is 13.2 Å². The van der Waals surface area contributed by atoms with E-state index in [-0.39, 0.29) is 24.0 Å². The highest BCUT2D eigenvalue weighted by atomic mass is 127. The molecule has 3 fully saturated rings. The lowest BCUT2D eigenvalue weighted by atomic mass is 9.87. The first-order valence-corrected chi connectivity index (χ1v) is 11.7. The summed E-state index contributed by atoms with van der Waals surface area (Å²) in [4.78, 5) is 10.1. The number of halogens is 1. The molecule has 0 aliphatic carbocycles. The van der Waals surface area contributed by atoms with Crippen LogP contribution in [0.15, 0.2) is 29.3 Å². The van der Waals surface area contributed by atoms with Crippen LogP contribution in [-0.4, -0.2) is 61.7 Å². The molecule has 1 aromatic carbocycles. The average molecular weight is 527 g/mol. The quantitative estimate of drug-likeness (QED) is 0.354. The second-order valence-electron chi connectivity index (χ2n) is 9.10. The molecule has 168 valence electrons. The van der Waals surface area contributed by atoms with Gasteiger partial charge in [0, 0.05) is 38.2 Å². The van der Waals surface area contributed by atoms with Gasteiger partial charge in [-0.25, -0.2) is 4.99 Å². The van der Waals surface area contributed by atoms with Crippen LogP contribution in [0.5, 0.6) is 0 Å². The zero-order valence-corrected chi connectivity index (χ0v) is 20.9. The fourth-order valence-electron chi connectivity index (χ4n) is 5.07. The zero-order valence-electron chi connectivity index (χ0n) is 18.6. The molecule has 1 atom stereocenters. The third kappa shape index (κ3) is 6.10. The van der Waals surface area contributed by atoms with Gasteiger partial charge in [0.25, 0.3) is 0 Å². The number of hydrogen-bond donors (Lipinski definition) is 1. The maximum atomic E-state index is 5.70. The molecule has 4 rings (SSSR count). The van der Waals surface area contributed by atoms with Crippen molar-refractivity contribution in [3.8, 4) is 0 Å². The molecule has 6 heteroatoms. The van der Waals surface area contributed by atoms with Crippen LogP contribution in [0.3, 0.4) is 0 Å². The van der Waals surface area contributed by atoms with E-state index < -0.39 is 0 Å². The lowest BCUT2D eigenvalue weighted by Gasteiger charge is -2.25. The van der Waals surface area contributed by atoms with E-state index in [2.05, 4.69) is 46.3 Å². The Morgan fingerprint density at radius 2 is 1.83 bits per heavy atom. The molecule has 5 nitrogen and oxygen atoms in total. The van der Waals surface area contributed by atoms with Gasteiger partial charge in [-0.15, -0.1) is 24.0 Å². The lowest BCUT2D eigenvalue weighted by molar-refractivity contribution is 0.156. The minimum Gasteiger partial charge on any atom is -0.381 e. The third-order valence-electron chi connectivity index (χ3n) is 6.87. The molecule has 1 N–H and O–H groups in total. The Hall–Kier alpha value is -0.860. The van der Waals surface area contributed by atoms with Gasteiger partial charge in [0.1, 0.15) is 0 Å². The van der Waals surface area contributed by atoms with Crippen LogP contribution in [0.4, 0.5) is 0 Å². The summed E-state index contributed by atoms with van der Waals surface area (Å²) in [5.41, 5.74) is 3.17. The van der Waals surface area contributed by atoms with Gasteiger partial charge in [0.15, 0.2) is 5.96 Å². The fraction of sp³-hybridized carbons (Fsp3) is 0.708. The van der Waals surface area contributed by atoms with Gasteiger partial charge in [-0.2, -0.15) is 0 Å². The highest BCUT2D eigenvalue weighted by Crippen LogP contribution is 2.38. The first kappa shape index (κ1) is 23.8. The second kappa shape index (κ2) is 11.7. The van der Waals surface area contributed by atoms with Crippen LogP contribution in [0.1, 0.15) is 56.6 Å². The predicted molar refractivity (Wildman–Crippen MR) is 134 cm³/mol. The molecule has 3 aliphatic heterocycles. The van der Waals surface area contributed by atoms with E-state index in [0.717, 1.165) is 51.9 Å². The smallest absolute Gasteiger partial charge is 0.194 e. The summed E-state index contributed by atoms with van der Waals surface area (Å²) in [5.74, 6) is 1.07. The number of nitrogens with zero attached hydrogens (tertiary/aromatic N) is 3. The molecule has 30 heavy (non-hydrogen) atoms. The summed E-state index contributed by atoms with van der Waals surface area (Å²) in [5, 5.41) is 3.53. The first-order chi connectivity index (χ1) is 14.3. The van der Waals surface area contributed by atoms with E-state index >= 15 is 0 Å². The Balaban J connectivity index is 0.00000256. The summed E-state index contributed by atoms with van der Waals surface area (Å²) in [7, 11) is 0. The topological polar surface area (TPSA) is 40.1 Å². The molecule has 3 heterocycles. The van der Waals surface area contributed by atoms with Crippen molar-refractivity contribution >= 4 is 29.9 Å². The van der Waals surface area contributed by atoms with Gasteiger partial charge in [-0.1, -0.05) is 37.1 Å². The molecule has 0 bridgehead atoms. The summed E-state index contributed by atoms with van der Waals surface area (Å²) < 4.78 is 5.70. The first-order valence-electron chi connectivity index (χ1n) is 11.7. The maximum absolute atomic E-state index is 5.70. The molecule has 0 aromatic heterocycles. The van der Waals surface area contributed by atoms with E-state index in [9.17, 15) is 0 Å². The van der Waals surface area contributed by atoms with Crippen LogP contribution < -0.4 is 5.32 Å². The standard InChI is InChI=1S/C24H38N4O.HI/c1-2-25-23(28-15-11-24(19-28)12-16-29-20-24)26-17-21-9-5-6-10-22(21)18-27-13-7-3-4-8-14-27;/h5-6,9-10H,2-4,7-8,11-20H2,1H3,(H,25,26);1H. The monoisotopic (exact) mass is 526 g/mol. The molecule has 0 amide bonds. The maximum Gasteiger partial charge on any atom is 0.194 e. The Kier molecular flexibility index (Phi) is 9.26. The van der Waals surface area contributed by atoms with Gasteiger partial charge in [-0.3, -0.25) is 4.90 Å². The van der Waals surface area contributed by atoms with Crippen molar-refractivity contribution in [3.05, 3.63) is 35.4 Å². The highest BCUT2D eigenvalue weighted by molar-refractivity contribution is 14.0. The molecule has 1 spiro atoms. The van der Waals surface area contributed by atoms with Crippen molar-refractivity contribution in [1.29, 1.82) is 0 Å². The average Bonchev–Trinajstić information content (AvgIpc) is 3.30. The second-order valence-corrected chi connectivity index (χ2v) is 9.10. The van der Waals surface area contributed by atoms with Crippen molar-refractivity contribution in [2.75, 3.05) is 45.9 Å². The van der Waals surface area contributed by atoms with E-state index in [0.29, 0.717) is 5.41 Å². The zero-order chi connectivity index (χ0) is 19.9. The Labute approximate surface area is 199 Å². The number of ether oxygens (including phenoxy) is 1. The number of likely N-dealkylation sites (tertiary alicyclic amines) is 2. The predicted octanol–water partition coefficient (Wildman–Crippen LogP) is 4.26. The minimum absolute atomic E-state index is 0. The van der Waals surface area contributed by atoms with E-state index in [1.54, 1.807) is 0 Å². The lowest BCUT2D eigenvalue weighted by Crippen LogP contribution is -2.41. The number of hydrogen-bond acceptors (Lipinski definition) is 3. The van der Waals surface area contributed by atoms with Crippen LogP contribution in [0, 0.1) is 5.41 Å². The van der Waals surface area contributed by atoms with Crippen LogP contribution >= 0.6 is 24.0 Å². The summed E-state index contributed by atoms with van der Waals surface area (Å²) in [6.45, 7) is 11.4. The molecule has 3 saturated heterocycles. The van der Waals surface area contributed by atoms with E-state index in [1.165, 1.54) is 62.7 Å². The molecule has 1 unspecified atom stereocenters. The number of aliphatic imine (C=N–C) groups is 1. The van der Waals surface area contributed by atoms with Crippen molar-refractivity contribution in [2.24, 2.45) is 10.4 Å². The van der Waals surface area contributed by atoms with Crippen molar-refractivity contribution < 1.29 is 4.74 Å². The van der Waals surface area contributed by atoms with E-state index in [1.807, 2.05) is 0 Å². The SMILES string of the molecule is CCNC(=NCc1ccccc1CN1CCCCCC1)N1CCC2(CCOC2)C1.I. The minimum atomic E-state index is 0. The van der Waals surface area contributed by atoms with E-state index in [4.69, 9.17) is 9.73 Å². The number of benzene rings is 1. The van der Waals surface area contributed by atoms with Gasteiger partial charge >= 0.3 is 0 Å². The van der Waals surface area contributed by atoms with Crippen LogP contribution in [0.25, 0.3) is 0 Å². The Morgan fingerprint density at radius 3 is 2.53 bits per heavy atom. The fourth-order valence-corrected chi connectivity index (χ4v) is 5.07. The molecular weight excluding hydrogens is 487 g/mol. The molecule has 3 aliphatic rings. The van der Waals surface area contributed by atoms with Crippen LogP contribution in [0.2, 0.25) is 0 Å². The van der Waals surface area contributed by atoms with Crippen molar-refractivity contribution in [2.45, 2.75) is 58.5 Å². The van der Waals surface area contributed by atoms with Crippen molar-refractivity contribution in [3.63, 3.8) is 0 Å². The van der Waals surface area contributed by atoms with Gasteiger partial charge in [0.2, 0.25) is 0 Å². The number of rotatable bonds is 5. The molecule has 0 radical (unpaired) electrons. The Morgan fingerprint density at radius 1 is 1.07 bits per heavy atom.